The van der Waals surface area contributed by atoms with Gasteiger partial charge in [0.15, 0.2) is 0 Å². The van der Waals surface area contributed by atoms with Gasteiger partial charge in [-0.05, 0) is 30.2 Å². The van der Waals surface area contributed by atoms with Crippen molar-refractivity contribution in [2.75, 3.05) is 11.9 Å². The van der Waals surface area contributed by atoms with Gasteiger partial charge in [0.2, 0.25) is 0 Å². The predicted octanol–water partition coefficient (Wildman–Crippen LogP) is 4.50. The van der Waals surface area contributed by atoms with Crippen molar-refractivity contribution in [3.63, 3.8) is 0 Å². The van der Waals surface area contributed by atoms with Crippen LogP contribution in [0, 0.1) is 5.82 Å². The van der Waals surface area contributed by atoms with Gasteiger partial charge in [0.05, 0.1) is 5.56 Å². The molecule has 1 N–H and O–H groups in total. The Morgan fingerprint density at radius 1 is 0.950 bits per heavy atom. The summed E-state index contributed by atoms with van der Waals surface area (Å²) in [6.45, 7) is 0.435. The largest absolute Gasteiger partial charge is 0.416 e. The van der Waals surface area contributed by atoms with E-state index in [1.165, 1.54) is 0 Å². The number of alkyl halides is 3. The van der Waals surface area contributed by atoms with Crippen molar-refractivity contribution >= 4 is 5.69 Å². The minimum atomic E-state index is -4.54. The van der Waals surface area contributed by atoms with Gasteiger partial charge in [-0.15, -0.1) is 0 Å². The highest BCUT2D eigenvalue weighted by Crippen LogP contribution is 2.31. The van der Waals surface area contributed by atoms with E-state index in [2.05, 4.69) is 5.32 Å². The van der Waals surface area contributed by atoms with Crippen LogP contribution in [0.25, 0.3) is 0 Å². The van der Waals surface area contributed by atoms with E-state index in [0.717, 1.165) is 17.7 Å². The zero-order valence-corrected chi connectivity index (χ0v) is 10.5. The van der Waals surface area contributed by atoms with Gasteiger partial charge in [0.25, 0.3) is 0 Å². The Kier molecular flexibility index (Phi) is 4.27. The third-order valence-corrected chi connectivity index (χ3v) is 2.81. The monoisotopic (exact) mass is 283 g/mol. The first kappa shape index (κ1) is 14.4. The maximum atomic E-state index is 13.2. The van der Waals surface area contributed by atoms with Crippen molar-refractivity contribution in [3.05, 3.63) is 65.5 Å². The van der Waals surface area contributed by atoms with E-state index < -0.39 is 17.6 Å². The molecule has 0 aromatic heterocycles. The van der Waals surface area contributed by atoms with Crippen LogP contribution >= 0.6 is 0 Å². The van der Waals surface area contributed by atoms with E-state index >= 15 is 0 Å². The predicted molar refractivity (Wildman–Crippen MR) is 70.0 cm³/mol. The van der Waals surface area contributed by atoms with E-state index in [4.69, 9.17) is 0 Å². The van der Waals surface area contributed by atoms with Crippen molar-refractivity contribution in [1.29, 1.82) is 0 Å². The fourth-order valence-corrected chi connectivity index (χ4v) is 1.85. The molecule has 0 unspecified atom stereocenters. The molecule has 0 amide bonds. The van der Waals surface area contributed by atoms with Gasteiger partial charge in [0, 0.05) is 12.2 Å². The van der Waals surface area contributed by atoms with Crippen LogP contribution in [-0.4, -0.2) is 6.54 Å². The fourth-order valence-electron chi connectivity index (χ4n) is 1.85. The summed E-state index contributed by atoms with van der Waals surface area (Å²) in [4.78, 5) is 0. The summed E-state index contributed by atoms with van der Waals surface area (Å²) >= 11 is 0. The number of rotatable bonds is 4. The molecule has 1 nitrogen and oxygen atoms in total. The summed E-state index contributed by atoms with van der Waals surface area (Å²) in [7, 11) is 0. The number of halogens is 4. The second kappa shape index (κ2) is 5.94. The van der Waals surface area contributed by atoms with Crippen molar-refractivity contribution in [2.45, 2.75) is 12.6 Å². The Hall–Kier alpha value is -2.04. The second-order valence-corrected chi connectivity index (χ2v) is 4.39. The molecule has 2 aromatic rings. The van der Waals surface area contributed by atoms with Gasteiger partial charge in [-0.25, -0.2) is 4.39 Å². The highest BCUT2D eigenvalue weighted by molar-refractivity contribution is 5.47. The van der Waals surface area contributed by atoms with E-state index in [9.17, 15) is 17.6 Å². The molecular weight excluding hydrogens is 270 g/mol. The SMILES string of the molecule is Fc1cc(NCCc2ccccc2)cc(C(F)(F)F)c1. The standard InChI is InChI=1S/C15H13F4N/c16-13-8-12(15(17,18)19)9-14(10-13)20-7-6-11-4-2-1-3-5-11/h1-5,8-10,20H,6-7H2. The molecule has 0 aliphatic rings. The van der Waals surface area contributed by atoms with E-state index in [1.807, 2.05) is 30.3 Å². The minimum absolute atomic E-state index is 0.133. The smallest absolute Gasteiger partial charge is 0.385 e. The Labute approximate surface area is 114 Å². The number of hydrogen-bond donors (Lipinski definition) is 1. The Balaban J connectivity index is 2.01. The van der Waals surface area contributed by atoms with E-state index in [-0.39, 0.29) is 5.69 Å². The van der Waals surface area contributed by atoms with Gasteiger partial charge in [-0.1, -0.05) is 30.3 Å². The van der Waals surface area contributed by atoms with E-state index in [1.54, 1.807) is 0 Å². The molecule has 0 aliphatic carbocycles. The van der Waals surface area contributed by atoms with Crippen LogP contribution in [0.4, 0.5) is 23.2 Å². The van der Waals surface area contributed by atoms with Crippen LogP contribution in [0.1, 0.15) is 11.1 Å². The van der Waals surface area contributed by atoms with Crippen LogP contribution in [0.3, 0.4) is 0 Å². The van der Waals surface area contributed by atoms with Gasteiger partial charge in [0.1, 0.15) is 5.82 Å². The summed E-state index contributed by atoms with van der Waals surface area (Å²) in [5.41, 5.74) is 0.209. The normalized spacial score (nSPS) is 11.4. The quantitative estimate of drug-likeness (QED) is 0.815. The summed E-state index contributed by atoms with van der Waals surface area (Å²) < 4.78 is 50.8. The molecule has 20 heavy (non-hydrogen) atoms. The molecular formula is C15H13F4N. The zero-order chi connectivity index (χ0) is 14.6. The van der Waals surface area contributed by atoms with Crippen molar-refractivity contribution in [3.8, 4) is 0 Å². The second-order valence-electron chi connectivity index (χ2n) is 4.39. The number of nitrogens with one attached hydrogen (secondary N) is 1. The number of hydrogen-bond acceptors (Lipinski definition) is 1. The highest BCUT2D eigenvalue weighted by Gasteiger charge is 2.31. The molecule has 2 rings (SSSR count). The maximum absolute atomic E-state index is 13.2. The van der Waals surface area contributed by atoms with Crippen molar-refractivity contribution in [1.82, 2.24) is 0 Å². The lowest BCUT2D eigenvalue weighted by Gasteiger charge is -2.11. The lowest BCUT2D eigenvalue weighted by atomic mass is 10.1. The fraction of sp³-hybridized carbons (Fsp3) is 0.200. The van der Waals surface area contributed by atoms with Crippen molar-refractivity contribution < 1.29 is 17.6 Å². The van der Waals surface area contributed by atoms with Crippen LogP contribution in [0.2, 0.25) is 0 Å². The minimum Gasteiger partial charge on any atom is -0.385 e. The van der Waals surface area contributed by atoms with Gasteiger partial charge in [-0.3, -0.25) is 0 Å². The summed E-state index contributed by atoms with van der Waals surface area (Å²) in [6, 6.07) is 12.0. The molecule has 0 spiro atoms. The lowest BCUT2D eigenvalue weighted by Crippen LogP contribution is -2.09. The average Bonchev–Trinajstić information content (AvgIpc) is 2.38. The Morgan fingerprint density at radius 3 is 2.30 bits per heavy atom. The number of benzene rings is 2. The average molecular weight is 283 g/mol. The molecule has 0 saturated carbocycles. The molecule has 0 radical (unpaired) electrons. The van der Waals surface area contributed by atoms with Gasteiger partial charge < -0.3 is 5.32 Å². The van der Waals surface area contributed by atoms with Crippen LogP contribution in [-0.2, 0) is 12.6 Å². The molecule has 0 heterocycles. The molecule has 0 bridgehead atoms. The first-order valence-electron chi connectivity index (χ1n) is 6.11. The topological polar surface area (TPSA) is 12.0 Å². The molecule has 106 valence electrons. The molecule has 0 fully saturated rings. The molecule has 5 heteroatoms. The first-order valence-corrected chi connectivity index (χ1v) is 6.11. The summed E-state index contributed by atoms with van der Waals surface area (Å²) in [5.74, 6) is -0.901. The Bertz CT molecular complexity index is 564. The maximum Gasteiger partial charge on any atom is 0.416 e. The zero-order valence-electron chi connectivity index (χ0n) is 10.5. The van der Waals surface area contributed by atoms with Crippen LogP contribution < -0.4 is 5.32 Å². The summed E-state index contributed by atoms with van der Waals surface area (Å²) in [6.07, 6.45) is -3.89. The third-order valence-electron chi connectivity index (χ3n) is 2.81. The first-order chi connectivity index (χ1) is 9.45. The third kappa shape index (κ3) is 3.98. The number of anilines is 1. The van der Waals surface area contributed by atoms with Gasteiger partial charge in [-0.2, -0.15) is 13.2 Å². The van der Waals surface area contributed by atoms with Crippen LogP contribution in [0.5, 0.6) is 0 Å². The van der Waals surface area contributed by atoms with Crippen LogP contribution in [0.15, 0.2) is 48.5 Å². The molecule has 0 aliphatic heterocycles. The lowest BCUT2D eigenvalue weighted by molar-refractivity contribution is -0.137. The van der Waals surface area contributed by atoms with Gasteiger partial charge >= 0.3 is 6.18 Å². The molecule has 0 atom stereocenters. The highest BCUT2D eigenvalue weighted by atomic mass is 19.4. The Morgan fingerprint density at radius 2 is 1.65 bits per heavy atom. The van der Waals surface area contributed by atoms with E-state index in [0.29, 0.717) is 19.0 Å². The van der Waals surface area contributed by atoms with Crippen molar-refractivity contribution in [2.24, 2.45) is 0 Å². The molecule has 2 aromatic carbocycles. The summed E-state index contributed by atoms with van der Waals surface area (Å²) in [5, 5.41) is 2.81. The molecule has 0 saturated heterocycles.